The number of carboxylic acids is 1. The van der Waals surface area contributed by atoms with E-state index in [9.17, 15) is 19.5 Å². The van der Waals surface area contributed by atoms with E-state index in [1.165, 1.54) is 6.07 Å². The number of amides is 2. The number of anilines is 1. The first-order valence-corrected chi connectivity index (χ1v) is 6.46. The Morgan fingerprint density at radius 1 is 1.00 bits per heavy atom. The molecule has 0 saturated carbocycles. The summed E-state index contributed by atoms with van der Waals surface area (Å²) in [5, 5.41) is 18.5. The van der Waals surface area contributed by atoms with Crippen molar-refractivity contribution in [2.75, 3.05) is 4.90 Å². The van der Waals surface area contributed by atoms with Gasteiger partial charge >= 0.3 is 5.97 Å². The Bertz CT molecular complexity index is 840. The van der Waals surface area contributed by atoms with Crippen LogP contribution in [0.4, 0.5) is 5.69 Å². The molecule has 0 spiro atoms. The lowest BCUT2D eigenvalue weighted by molar-refractivity contribution is 0.0692. The summed E-state index contributed by atoms with van der Waals surface area (Å²) >= 11 is 0. The van der Waals surface area contributed by atoms with Gasteiger partial charge in [0.25, 0.3) is 11.8 Å². The van der Waals surface area contributed by atoms with E-state index in [-0.39, 0.29) is 22.4 Å². The number of carbonyl (C=O) groups excluding carboxylic acids is 2. The van der Waals surface area contributed by atoms with Gasteiger partial charge in [-0.15, -0.1) is 0 Å². The molecule has 0 fully saturated rings. The molecule has 0 aromatic heterocycles. The Balaban J connectivity index is 2.11. The zero-order chi connectivity index (χ0) is 16.0. The number of hydrogen-bond donors (Lipinski definition) is 2. The fourth-order valence-electron chi connectivity index (χ4n) is 2.42. The summed E-state index contributed by atoms with van der Waals surface area (Å²) in [5.74, 6) is -2.79. The summed E-state index contributed by atoms with van der Waals surface area (Å²) in [6.07, 6.45) is 0. The van der Waals surface area contributed by atoms with Crippen molar-refractivity contribution in [1.29, 1.82) is 0 Å². The van der Waals surface area contributed by atoms with E-state index in [0.29, 0.717) is 0 Å². The van der Waals surface area contributed by atoms with Crippen LogP contribution in [0.3, 0.4) is 0 Å². The molecule has 22 heavy (non-hydrogen) atoms. The molecule has 0 aliphatic carbocycles. The first-order valence-electron chi connectivity index (χ1n) is 6.46. The summed E-state index contributed by atoms with van der Waals surface area (Å²) < 4.78 is 0. The second-order valence-corrected chi connectivity index (χ2v) is 5.00. The average Bonchev–Trinajstić information content (AvgIpc) is 2.71. The summed E-state index contributed by atoms with van der Waals surface area (Å²) in [6.45, 7) is 1.81. The zero-order valence-corrected chi connectivity index (χ0v) is 11.5. The van der Waals surface area contributed by atoms with E-state index in [1.807, 2.05) is 6.92 Å². The molecule has 2 aromatic rings. The number of aromatic carboxylic acids is 1. The number of aryl methyl sites for hydroxylation is 1. The maximum Gasteiger partial charge on any atom is 0.339 e. The molecule has 0 atom stereocenters. The van der Waals surface area contributed by atoms with Gasteiger partial charge in [-0.3, -0.25) is 9.59 Å². The maximum absolute atomic E-state index is 12.4. The molecule has 2 amide bonds. The highest BCUT2D eigenvalue weighted by molar-refractivity contribution is 6.34. The van der Waals surface area contributed by atoms with E-state index in [0.717, 1.165) is 22.6 Å². The number of rotatable bonds is 2. The minimum atomic E-state index is -1.34. The van der Waals surface area contributed by atoms with Crippen LogP contribution >= 0.6 is 0 Å². The molecule has 0 saturated heterocycles. The van der Waals surface area contributed by atoms with Crippen molar-refractivity contribution in [2.24, 2.45) is 0 Å². The third-order valence-corrected chi connectivity index (χ3v) is 3.51. The van der Waals surface area contributed by atoms with Crippen LogP contribution in [-0.2, 0) is 0 Å². The lowest BCUT2D eigenvalue weighted by Gasteiger charge is -2.14. The van der Waals surface area contributed by atoms with E-state index >= 15 is 0 Å². The van der Waals surface area contributed by atoms with E-state index in [4.69, 9.17) is 5.11 Å². The molecule has 6 nitrogen and oxygen atoms in total. The number of fused-ring (bicyclic) bond motifs is 1. The van der Waals surface area contributed by atoms with E-state index in [2.05, 4.69) is 0 Å². The van der Waals surface area contributed by atoms with Gasteiger partial charge in [-0.05, 0) is 37.3 Å². The van der Waals surface area contributed by atoms with Crippen molar-refractivity contribution in [3.05, 3.63) is 58.7 Å². The third-order valence-electron chi connectivity index (χ3n) is 3.51. The van der Waals surface area contributed by atoms with Gasteiger partial charge in [0.15, 0.2) is 0 Å². The number of benzene rings is 2. The number of carbonyl (C=O) groups is 3. The minimum Gasteiger partial charge on any atom is -0.507 e. The largest absolute Gasteiger partial charge is 0.507 e. The number of imide groups is 1. The Labute approximate surface area is 125 Å². The summed E-state index contributed by atoms with van der Waals surface area (Å²) in [7, 11) is 0. The van der Waals surface area contributed by atoms with Crippen LogP contribution in [0.1, 0.15) is 36.6 Å². The number of hydrogen-bond acceptors (Lipinski definition) is 4. The Hall–Kier alpha value is -3.15. The molecular formula is C16H11NO5. The quantitative estimate of drug-likeness (QED) is 0.829. The molecule has 0 unspecified atom stereocenters. The normalized spacial score (nSPS) is 13.4. The predicted molar refractivity (Wildman–Crippen MR) is 77.4 cm³/mol. The Morgan fingerprint density at radius 2 is 1.68 bits per heavy atom. The van der Waals surface area contributed by atoms with Gasteiger partial charge in [-0.2, -0.15) is 0 Å². The number of carboxylic acid groups (broad SMARTS) is 1. The van der Waals surface area contributed by atoms with Crippen LogP contribution in [-0.4, -0.2) is 28.0 Å². The molecule has 2 aromatic carbocycles. The van der Waals surface area contributed by atoms with Crippen LogP contribution in [0, 0.1) is 6.92 Å². The number of nitrogens with zero attached hydrogens (tertiary/aromatic N) is 1. The molecule has 110 valence electrons. The van der Waals surface area contributed by atoms with Crippen LogP contribution in [0.2, 0.25) is 0 Å². The highest BCUT2D eigenvalue weighted by atomic mass is 16.4. The van der Waals surface area contributed by atoms with Gasteiger partial charge in [0.1, 0.15) is 11.3 Å². The second kappa shape index (κ2) is 4.70. The standard InChI is InChI=1S/C16H11NO5/c1-8-2-4-10-11(6-8)15(20)17(14(10)19)9-3-5-13(18)12(7-9)16(21)22/h2-7,18H,1H3,(H,21,22). The van der Waals surface area contributed by atoms with Crippen LogP contribution < -0.4 is 4.90 Å². The summed E-state index contributed by atoms with van der Waals surface area (Å²) in [6, 6.07) is 8.50. The highest BCUT2D eigenvalue weighted by Crippen LogP contribution is 2.31. The Kier molecular flexibility index (Phi) is 2.95. The molecule has 3 rings (SSSR count). The van der Waals surface area contributed by atoms with Crippen molar-refractivity contribution in [3.8, 4) is 5.75 Å². The lowest BCUT2D eigenvalue weighted by atomic mass is 10.1. The summed E-state index contributed by atoms with van der Waals surface area (Å²) in [5.41, 5.74) is 1.15. The molecule has 0 radical (unpaired) electrons. The van der Waals surface area contributed by atoms with Crippen LogP contribution in [0.15, 0.2) is 36.4 Å². The van der Waals surface area contributed by atoms with Crippen molar-refractivity contribution in [3.63, 3.8) is 0 Å². The van der Waals surface area contributed by atoms with Crippen molar-refractivity contribution in [1.82, 2.24) is 0 Å². The first kappa shape index (κ1) is 13.8. The van der Waals surface area contributed by atoms with Gasteiger partial charge in [0.2, 0.25) is 0 Å². The number of phenols is 1. The van der Waals surface area contributed by atoms with E-state index < -0.39 is 23.5 Å². The topological polar surface area (TPSA) is 94.9 Å². The molecule has 6 heteroatoms. The van der Waals surface area contributed by atoms with Gasteiger partial charge < -0.3 is 10.2 Å². The smallest absolute Gasteiger partial charge is 0.339 e. The minimum absolute atomic E-state index is 0.110. The highest BCUT2D eigenvalue weighted by Gasteiger charge is 2.37. The Morgan fingerprint density at radius 3 is 2.36 bits per heavy atom. The van der Waals surface area contributed by atoms with Gasteiger partial charge in [-0.1, -0.05) is 11.6 Å². The zero-order valence-electron chi connectivity index (χ0n) is 11.5. The van der Waals surface area contributed by atoms with Crippen molar-refractivity contribution < 1.29 is 24.6 Å². The number of aromatic hydroxyl groups is 1. The monoisotopic (exact) mass is 297 g/mol. The molecule has 2 N–H and O–H groups in total. The predicted octanol–water partition coefficient (Wildman–Crippen LogP) is 2.20. The molecule has 1 aliphatic heterocycles. The van der Waals surface area contributed by atoms with Crippen LogP contribution in [0.25, 0.3) is 0 Å². The maximum atomic E-state index is 12.4. The lowest BCUT2D eigenvalue weighted by Crippen LogP contribution is -2.29. The van der Waals surface area contributed by atoms with Gasteiger partial charge in [0, 0.05) is 0 Å². The van der Waals surface area contributed by atoms with Gasteiger partial charge in [-0.25, -0.2) is 9.69 Å². The van der Waals surface area contributed by atoms with Crippen molar-refractivity contribution in [2.45, 2.75) is 6.92 Å². The third kappa shape index (κ3) is 1.93. The first-order chi connectivity index (χ1) is 10.4. The molecule has 1 heterocycles. The summed E-state index contributed by atoms with van der Waals surface area (Å²) in [4.78, 5) is 36.8. The molecule has 1 aliphatic rings. The SMILES string of the molecule is Cc1ccc2c(c1)C(=O)N(c1ccc(O)c(C(=O)O)c1)C2=O. The second-order valence-electron chi connectivity index (χ2n) is 5.00. The average molecular weight is 297 g/mol. The van der Waals surface area contributed by atoms with Crippen LogP contribution in [0.5, 0.6) is 5.75 Å². The van der Waals surface area contributed by atoms with E-state index in [1.54, 1.807) is 18.2 Å². The van der Waals surface area contributed by atoms with Gasteiger partial charge in [0.05, 0.1) is 16.8 Å². The molecule has 0 bridgehead atoms. The fourth-order valence-corrected chi connectivity index (χ4v) is 2.42. The van der Waals surface area contributed by atoms with Crippen molar-refractivity contribution >= 4 is 23.5 Å². The fraction of sp³-hybridized carbons (Fsp3) is 0.0625. The molecular weight excluding hydrogens is 286 g/mol.